The molecule has 4 nitrogen and oxygen atoms in total. The Morgan fingerprint density at radius 1 is 1.40 bits per heavy atom. The molecule has 5 heteroatoms. The standard InChI is InChI=1S/C15H23NO3S/c1-10-7-6-8-12(11(10)2)13(9-14(17)18)16-20(19)15(3,4)5/h6-8,13,16H,9H2,1-5H3,(H,17,18)/t13-,20+/m0/s1. The van der Waals surface area contributed by atoms with Crippen LogP contribution in [0.2, 0.25) is 0 Å². The van der Waals surface area contributed by atoms with Crippen LogP contribution in [0, 0.1) is 13.8 Å². The molecule has 0 fully saturated rings. The topological polar surface area (TPSA) is 72.4 Å². The lowest BCUT2D eigenvalue weighted by Gasteiger charge is -2.28. The van der Waals surface area contributed by atoms with Crippen LogP contribution >= 0.6 is 0 Å². The summed E-state index contributed by atoms with van der Waals surface area (Å²) in [6, 6.07) is 5.32. The summed E-state index contributed by atoms with van der Waals surface area (Å²) in [4.78, 5) is 11.1. The van der Waals surface area contributed by atoms with Crippen molar-refractivity contribution in [3.05, 3.63) is 34.9 Å². The van der Waals surface area contributed by atoms with Crippen molar-refractivity contribution in [3.8, 4) is 0 Å². The lowest BCUT2D eigenvalue weighted by Crippen LogP contribution is -2.42. The van der Waals surface area contributed by atoms with Crippen molar-refractivity contribution >= 4 is 17.3 Å². The maximum atomic E-state index is 12.2. The van der Waals surface area contributed by atoms with Gasteiger partial charge < -0.3 is 9.66 Å². The van der Waals surface area contributed by atoms with Gasteiger partial charge in [0.2, 0.25) is 0 Å². The molecule has 0 aliphatic rings. The Bertz CT molecular complexity index is 482. The van der Waals surface area contributed by atoms with Crippen LogP contribution in [0.15, 0.2) is 18.2 Å². The quantitative estimate of drug-likeness (QED) is 0.820. The molecule has 20 heavy (non-hydrogen) atoms. The van der Waals surface area contributed by atoms with E-state index in [9.17, 15) is 9.35 Å². The molecule has 0 unspecified atom stereocenters. The van der Waals surface area contributed by atoms with Crippen LogP contribution in [-0.4, -0.2) is 20.4 Å². The molecular weight excluding hydrogens is 274 g/mol. The monoisotopic (exact) mass is 297 g/mol. The van der Waals surface area contributed by atoms with Crippen LogP contribution in [0.25, 0.3) is 0 Å². The van der Waals surface area contributed by atoms with Crippen molar-refractivity contribution in [2.75, 3.05) is 0 Å². The van der Waals surface area contributed by atoms with Gasteiger partial charge in [0.15, 0.2) is 0 Å². The molecule has 0 aromatic heterocycles. The molecule has 1 aromatic carbocycles. The van der Waals surface area contributed by atoms with E-state index in [4.69, 9.17) is 5.11 Å². The minimum atomic E-state index is -1.31. The Kier molecular flexibility index (Phi) is 5.62. The molecule has 0 aliphatic carbocycles. The lowest BCUT2D eigenvalue weighted by molar-refractivity contribution is -0.137. The third kappa shape index (κ3) is 4.51. The van der Waals surface area contributed by atoms with Crippen LogP contribution in [0.5, 0.6) is 0 Å². The summed E-state index contributed by atoms with van der Waals surface area (Å²) in [5.74, 6) is -0.908. The number of carbonyl (C=O) groups is 1. The second kappa shape index (κ2) is 6.61. The highest BCUT2D eigenvalue weighted by molar-refractivity contribution is 7.90. The largest absolute Gasteiger partial charge is 0.598 e. The smallest absolute Gasteiger partial charge is 0.305 e. The van der Waals surface area contributed by atoms with E-state index in [0.717, 1.165) is 16.7 Å². The van der Waals surface area contributed by atoms with E-state index in [1.165, 1.54) is 0 Å². The number of benzene rings is 1. The van der Waals surface area contributed by atoms with Crippen molar-refractivity contribution in [1.29, 1.82) is 0 Å². The van der Waals surface area contributed by atoms with Gasteiger partial charge in [-0.25, -0.2) is 0 Å². The highest BCUT2D eigenvalue weighted by Crippen LogP contribution is 2.26. The zero-order chi connectivity index (χ0) is 15.5. The molecule has 2 atom stereocenters. The Balaban J connectivity index is 3.06. The van der Waals surface area contributed by atoms with Gasteiger partial charge in [0.25, 0.3) is 0 Å². The maximum absolute atomic E-state index is 12.2. The fraction of sp³-hybridized carbons (Fsp3) is 0.533. The molecular formula is C15H23NO3S. The van der Waals surface area contributed by atoms with Crippen LogP contribution in [0.3, 0.4) is 0 Å². The number of hydrogen-bond donors (Lipinski definition) is 2. The molecule has 0 bridgehead atoms. The number of aliphatic carboxylic acids is 1. The van der Waals surface area contributed by atoms with E-state index in [2.05, 4.69) is 4.72 Å². The summed E-state index contributed by atoms with van der Waals surface area (Å²) in [5.41, 5.74) is 3.03. The van der Waals surface area contributed by atoms with Gasteiger partial charge in [-0.05, 0) is 51.3 Å². The first-order chi connectivity index (χ1) is 9.12. The normalized spacial score (nSPS) is 14.9. The number of rotatable bonds is 5. The molecule has 112 valence electrons. The van der Waals surface area contributed by atoms with Crippen LogP contribution in [-0.2, 0) is 16.2 Å². The fourth-order valence-electron chi connectivity index (χ4n) is 1.85. The van der Waals surface area contributed by atoms with E-state index in [1.807, 2.05) is 52.8 Å². The number of carboxylic acid groups (broad SMARTS) is 1. The molecule has 0 heterocycles. The third-order valence-corrected chi connectivity index (χ3v) is 4.82. The molecule has 0 spiro atoms. The van der Waals surface area contributed by atoms with Gasteiger partial charge in [0.05, 0.1) is 12.5 Å². The predicted molar refractivity (Wildman–Crippen MR) is 81.9 cm³/mol. The summed E-state index contributed by atoms with van der Waals surface area (Å²) in [5, 5.41) is 9.08. The minimum absolute atomic E-state index is 0.0912. The number of nitrogens with one attached hydrogen (secondary N) is 1. The first-order valence-corrected chi connectivity index (χ1v) is 7.74. The van der Waals surface area contributed by atoms with E-state index >= 15 is 0 Å². The van der Waals surface area contributed by atoms with Gasteiger partial charge >= 0.3 is 5.97 Å². The second-order valence-corrected chi connectivity index (χ2v) is 7.94. The van der Waals surface area contributed by atoms with Crippen LogP contribution in [0.1, 0.15) is 49.9 Å². The zero-order valence-electron chi connectivity index (χ0n) is 12.7. The number of carboxylic acids is 1. The summed E-state index contributed by atoms with van der Waals surface area (Å²) in [6.45, 7) is 9.52. The molecule has 0 amide bonds. The van der Waals surface area contributed by atoms with Crippen LogP contribution < -0.4 is 4.72 Å². The molecule has 1 aromatic rings. The van der Waals surface area contributed by atoms with Gasteiger partial charge in [-0.2, -0.15) is 0 Å². The summed E-state index contributed by atoms with van der Waals surface area (Å²) in [7, 11) is 0. The molecule has 0 saturated heterocycles. The van der Waals surface area contributed by atoms with Gasteiger partial charge in [0, 0.05) is 11.4 Å². The molecule has 0 aliphatic heterocycles. The molecule has 1 rings (SSSR count). The van der Waals surface area contributed by atoms with Crippen molar-refractivity contribution in [1.82, 2.24) is 4.72 Å². The van der Waals surface area contributed by atoms with E-state index < -0.39 is 28.1 Å². The predicted octanol–water partition coefficient (Wildman–Crippen LogP) is 2.87. The van der Waals surface area contributed by atoms with Crippen molar-refractivity contribution < 1.29 is 14.5 Å². The first kappa shape index (κ1) is 17.0. The van der Waals surface area contributed by atoms with E-state index in [1.54, 1.807) is 0 Å². The van der Waals surface area contributed by atoms with Crippen molar-refractivity contribution in [2.24, 2.45) is 0 Å². The first-order valence-electron chi connectivity index (χ1n) is 6.59. The Hall–Kier alpha value is -1.04. The summed E-state index contributed by atoms with van der Waals surface area (Å²) < 4.78 is 14.8. The van der Waals surface area contributed by atoms with Gasteiger partial charge in [-0.1, -0.05) is 18.2 Å². The van der Waals surface area contributed by atoms with Gasteiger partial charge in [-0.15, -0.1) is 4.72 Å². The number of aryl methyl sites for hydroxylation is 1. The second-order valence-electron chi connectivity index (χ2n) is 5.94. The molecule has 2 N–H and O–H groups in total. The Morgan fingerprint density at radius 2 is 2.00 bits per heavy atom. The number of hydrogen-bond acceptors (Lipinski definition) is 3. The fourth-order valence-corrected chi connectivity index (χ4v) is 2.67. The zero-order valence-corrected chi connectivity index (χ0v) is 13.5. The minimum Gasteiger partial charge on any atom is -0.598 e. The van der Waals surface area contributed by atoms with Crippen molar-refractivity contribution in [2.45, 2.75) is 51.8 Å². The highest BCUT2D eigenvalue weighted by atomic mass is 32.2. The Morgan fingerprint density at radius 3 is 2.50 bits per heavy atom. The van der Waals surface area contributed by atoms with Crippen LogP contribution in [0.4, 0.5) is 0 Å². The Labute approximate surface area is 123 Å². The van der Waals surface area contributed by atoms with E-state index in [0.29, 0.717) is 0 Å². The summed E-state index contributed by atoms with van der Waals surface area (Å²) >= 11 is -1.31. The maximum Gasteiger partial charge on any atom is 0.305 e. The average Bonchev–Trinajstić information content (AvgIpc) is 2.30. The van der Waals surface area contributed by atoms with E-state index in [-0.39, 0.29) is 6.42 Å². The van der Waals surface area contributed by atoms with Gasteiger partial charge in [0.1, 0.15) is 4.75 Å². The SMILES string of the molecule is Cc1cccc([C@H](CC(=O)O)N[S@+]([O-])C(C)(C)C)c1C. The molecule has 0 radical (unpaired) electrons. The van der Waals surface area contributed by atoms with Gasteiger partial charge in [-0.3, -0.25) is 4.79 Å². The summed E-state index contributed by atoms with van der Waals surface area (Å²) in [6.07, 6.45) is -0.0912. The molecule has 0 saturated carbocycles. The lowest BCUT2D eigenvalue weighted by atomic mass is 9.96. The third-order valence-electron chi connectivity index (χ3n) is 3.21. The van der Waals surface area contributed by atoms with Crippen molar-refractivity contribution in [3.63, 3.8) is 0 Å². The average molecular weight is 297 g/mol. The highest BCUT2D eigenvalue weighted by Gasteiger charge is 2.31.